The van der Waals surface area contributed by atoms with Crippen molar-refractivity contribution in [3.05, 3.63) is 0 Å². The summed E-state index contributed by atoms with van der Waals surface area (Å²) < 4.78 is 24.4. The molecule has 2 heterocycles. The summed E-state index contributed by atoms with van der Waals surface area (Å²) in [5.74, 6) is -0.530. The maximum absolute atomic E-state index is 12.9. The third-order valence-corrected chi connectivity index (χ3v) is 6.94. The van der Waals surface area contributed by atoms with Crippen LogP contribution in [0.15, 0.2) is 0 Å². The average Bonchev–Trinajstić information content (AvgIpc) is 3.34. The van der Waals surface area contributed by atoms with Crippen LogP contribution in [-0.4, -0.2) is 78.4 Å². The molecule has 0 N–H and O–H groups in total. The molecule has 2 aliphatic heterocycles. The minimum absolute atomic E-state index is 0.0426. The Morgan fingerprint density at radius 1 is 0.882 bits per heavy atom. The molecule has 1 aliphatic carbocycles. The molecule has 0 amide bonds. The first-order valence-electron chi connectivity index (χ1n) is 13.4. The number of carbonyl (C=O) groups is 2. The van der Waals surface area contributed by atoms with Crippen molar-refractivity contribution in [2.75, 3.05) is 32.8 Å². The third-order valence-electron chi connectivity index (χ3n) is 6.94. The van der Waals surface area contributed by atoms with Crippen LogP contribution in [0.25, 0.3) is 0 Å². The van der Waals surface area contributed by atoms with Gasteiger partial charge < -0.3 is 18.9 Å². The van der Waals surface area contributed by atoms with E-state index in [4.69, 9.17) is 18.9 Å². The minimum Gasteiger partial charge on any atom is -0.466 e. The molecule has 0 aromatic heterocycles. The number of ether oxygens (including phenoxy) is 4. The highest BCUT2D eigenvalue weighted by molar-refractivity contribution is 5.74. The van der Waals surface area contributed by atoms with Crippen LogP contribution in [0.2, 0.25) is 0 Å². The van der Waals surface area contributed by atoms with Crippen LogP contribution in [0.5, 0.6) is 0 Å². The predicted octanol–water partition coefficient (Wildman–Crippen LogP) is 4.06. The van der Waals surface area contributed by atoms with Crippen molar-refractivity contribution in [1.29, 1.82) is 0 Å². The summed E-state index contributed by atoms with van der Waals surface area (Å²) in [7, 11) is 0. The van der Waals surface area contributed by atoms with Crippen molar-refractivity contribution in [2.24, 2.45) is 5.92 Å². The van der Waals surface area contributed by atoms with E-state index in [1.807, 2.05) is 27.7 Å². The quantitative estimate of drug-likeness (QED) is 0.360. The highest BCUT2D eigenvalue weighted by atomic mass is 16.8. The van der Waals surface area contributed by atoms with E-state index in [9.17, 15) is 9.59 Å². The van der Waals surface area contributed by atoms with E-state index in [1.54, 1.807) is 6.92 Å². The predicted molar refractivity (Wildman–Crippen MR) is 129 cm³/mol. The van der Waals surface area contributed by atoms with Crippen LogP contribution in [0.3, 0.4) is 0 Å². The van der Waals surface area contributed by atoms with Gasteiger partial charge in [-0.05, 0) is 86.0 Å². The first-order chi connectivity index (χ1) is 16.1. The molecule has 2 saturated heterocycles. The monoisotopic (exact) mass is 482 g/mol. The molecule has 2 atom stereocenters. The van der Waals surface area contributed by atoms with Gasteiger partial charge in [0.05, 0.1) is 18.6 Å². The molecule has 0 spiro atoms. The Morgan fingerprint density at radius 2 is 1.41 bits per heavy atom. The van der Waals surface area contributed by atoms with E-state index in [0.29, 0.717) is 6.61 Å². The molecule has 8 nitrogen and oxygen atoms in total. The normalized spacial score (nSPS) is 27.7. The summed E-state index contributed by atoms with van der Waals surface area (Å²) in [6.45, 7) is 13.1. The van der Waals surface area contributed by atoms with Gasteiger partial charge in [-0.25, -0.2) is 14.6 Å². The second-order valence-corrected chi connectivity index (χ2v) is 10.9. The Bertz CT molecular complexity index is 661. The first kappa shape index (κ1) is 27.4. The van der Waals surface area contributed by atoms with Gasteiger partial charge >= 0.3 is 11.9 Å². The van der Waals surface area contributed by atoms with Crippen LogP contribution >= 0.6 is 0 Å². The molecular weight excluding hydrogens is 436 g/mol. The molecule has 1 saturated carbocycles. The zero-order valence-corrected chi connectivity index (χ0v) is 22.0. The smallest absolute Gasteiger partial charge is 0.335 e. The van der Waals surface area contributed by atoms with Crippen molar-refractivity contribution in [3.63, 3.8) is 0 Å². The van der Waals surface area contributed by atoms with E-state index >= 15 is 0 Å². The van der Waals surface area contributed by atoms with E-state index in [0.717, 1.165) is 77.5 Å². The van der Waals surface area contributed by atoms with E-state index in [2.05, 4.69) is 9.80 Å². The lowest BCUT2D eigenvalue weighted by atomic mass is 9.87. The van der Waals surface area contributed by atoms with Gasteiger partial charge in [0.2, 0.25) is 0 Å². The van der Waals surface area contributed by atoms with E-state index in [-0.39, 0.29) is 24.0 Å². The van der Waals surface area contributed by atoms with Gasteiger partial charge in [-0.2, -0.15) is 0 Å². The van der Waals surface area contributed by atoms with Crippen molar-refractivity contribution >= 4 is 11.9 Å². The molecule has 0 bridgehead atoms. The summed E-state index contributed by atoms with van der Waals surface area (Å²) in [6, 6.07) is -1.09. The molecule has 34 heavy (non-hydrogen) atoms. The van der Waals surface area contributed by atoms with E-state index < -0.39 is 17.7 Å². The van der Waals surface area contributed by atoms with Gasteiger partial charge in [0, 0.05) is 26.2 Å². The number of rotatable bonds is 9. The Labute approximate surface area is 205 Å². The number of nitrogens with zero attached hydrogens (tertiary/aromatic N) is 2. The fourth-order valence-corrected chi connectivity index (χ4v) is 5.26. The van der Waals surface area contributed by atoms with E-state index in [1.165, 1.54) is 6.42 Å². The van der Waals surface area contributed by atoms with Gasteiger partial charge in [-0.15, -0.1) is 0 Å². The summed E-state index contributed by atoms with van der Waals surface area (Å²) in [4.78, 5) is 29.7. The summed E-state index contributed by atoms with van der Waals surface area (Å²) in [6.07, 6.45) is 7.77. The number of hydrogen-bond acceptors (Lipinski definition) is 8. The number of carbonyl (C=O) groups excluding carboxylic acids is 2. The number of likely N-dealkylation sites (tertiary alicyclic amines) is 2. The number of esters is 2. The Balaban J connectivity index is 1.80. The molecule has 3 fully saturated rings. The summed E-state index contributed by atoms with van der Waals surface area (Å²) in [5, 5.41) is 0. The van der Waals surface area contributed by atoms with Crippen molar-refractivity contribution in [2.45, 2.75) is 116 Å². The molecule has 0 aromatic carbocycles. The van der Waals surface area contributed by atoms with Crippen LogP contribution in [0.1, 0.15) is 92.4 Å². The Hall–Kier alpha value is -1.22. The van der Waals surface area contributed by atoms with Gasteiger partial charge in [-0.3, -0.25) is 4.79 Å². The van der Waals surface area contributed by atoms with Crippen molar-refractivity contribution in [1.82, 2.24) is 9.80 Å². The SMILES string of the molecule is CCOC(=O)[C@H]1CC[C@H](OC(OC(C)C(=O)OC(C)(C)C)(N2CCCCC2)N2CCCC2)CC1. The molecule has 0 radical (unpaired) electrons. The molecule has 196 valence electrons. The molecule has 3 aliphatic rings. The average molecular weight is 483 g/mol. The molecule has 0 aromatic rings. The first-order valence-corrected chi connectivity index (χ1v) is 13.4. The molecule has 3 rings (SSSR count). The summed E-state index contributed by atoms with van der Waals surface area (Å²) in [5.41, 5.74) is -0.581. The summed E-state index contributed by atoms with van der Waals surface area (Å²) >= 11 is 0. The number of piperidine rings is 1. The van der Waals surface area contributed by atoms with Crippen LogP contribution < -0.4 is 0 Å². The van der Waals surface area contributed by atoms with Gasteiger partial charge in [0.25, 0.3) is 6.03 Å². The fraction of sp³-hybridized carbons (Fsp3) is 0.923. The Kier molecular flexibility index (Phi) is 9.78. The van der Waals surface area contributed by atoms with Crippen LogP contribution in [0, 0.1) is 5.92 Å². The Morgan fingerprint density at radius 3 is 1.91 bits per heavy atom. The van der Waals surface area contributed by atoms with Crippen molar-refractivity contribution in [3.8, 4) is 0 Å². The lowest BCUT2D eigenvalue weighted by molar-refractivity contribution is -0.412. The van der Waals surface area contributed by atoms with Crippen LogP contribution in [-0.2, 0) is 28.5 Å². The second-order valence-electron chi connectivity index (χ2n) is 10.9. The van der Waals surface area contributed by atoms with Gasteiger partial charge in [0.1, 0.15) is 5.60 Å². The fourth-order valence-electron chi connectivity index (χ4n) is 5.26. The largest absolute Gasteiger partial charge is 0.466 e. The minimum atomic E-state index is -1.09. The lowest BCUT2D eigenvalue weighted by Crippen LogP contribution is -2.67. The topological polar surface area (TPSA) is 77.5 Å². The molecule has 8 heteroatoms. The maximum atomic E-state index is 12.9. The highest BCUT2D eigenvalue weighted by Crippen LogP contribution is 2.37. The lowest BCUT2D eigenvalue weighted by Gasteiger charge is -2.51. The highest BCUT2D eigenvalue weighted by Gasteiger charge is 2.51. The number of hydrogen-bond donors (Lipinski definition) is 0. The maximum Gasteiger partial charge on any atom is 0.335 e. The standard InChI is InChI=1S/C26H46N2O6/c1-6-31-24(30)21-12-14-22(15-13-21)33-26(28-18-10-11-19-28,27-16-8-7-9-17-27)32-20(2)23(29)34-25(3,4)5/h20-22H,6-19H2,1-5H3/t20?,21-,22-,26?. The second kappa shape index (κ2) is 12.2. The molecular formula is C26H46N2O6. The van der Waals surface area contributed by atoms with Gasteiger partial charge in [-0.1, -0.05) is 6.42 Å². The van der Waals surface area contributed by atoms with Crippen LogP contribution in [0.4, 0.5) is 0 Å². The zero-order valence-electron chi connectivity index (χ0n) is 22.0. The zero-order chi connectivity index (χ0) is 24.8. The van der Waals surface area contributed by atoms with Crippen molar-refractivity contribution < 1.29 is 28.5 Å². The molecule has 2 unspecified atom stereocenters. The van der Waals surface area contributed by atoms with Gasteiger partial charge in [0.15, 0.2) is 6.10 Å². The third kappa shape index (κ3) is 7.15.